The van der Waals surface area contributed by atoms with Crippen molar-refractivity contribution in [2.24, 2.45) is 0 Å². The number of rotatable bonds is 3. The molecular weight excluding hydrogens is 254 g/mol. The van der Waals surface area contributed by atoms with Gasteiger partial charge < -0.3 is 9.47 Å². The largest absolute Gasteiger partial charge is 0.494 e. The zero-order valence-corrected chi connectivity index (χ0v) is 12.7. The first-order valence-corrected chi connectivity index (χ1v) is 6.77. The van der Waals surface area contributed by atoms with Crippen molar-refractivity contribution in [3.8, 4) is 5.75 Å². The summed E-state index contributed by atoms with van der Waals surface area (Å²) in [6.45, 7) is 8.09. The number of ether oxygens (including phenoxy) is 2. The Morgan fingerprint density at radius 1 is 1.25 bits per heavy atom. The number of pyridine rings is 1. The highest BCUT2D eigenvalue weighted by atomic mass is 16.5. The van der Waals surface area contributed by atoms with Crippen molar-refractivity contribution < 1.29 is 14.3 Å². The van der Waals surface area contributed by atoms with Crippen LogP contribution in [-0.2, 0) is 4.74 Å². The molecule has 1 aromatic heterocycles. The number of hydrogen-bond donors (Lipinski definition) is 0. The fourth-order valence-corrected chi connectivity index (χ4v) is 1.81. The molecule has 0 radical (unpaired) electrons. The number of aryl methyl sites for hydroxylation is 1. The number of esters is 1. The monoisotopic (exact) mass is 275 g/mol. The summed E-state index contributed by atoms with van der Waals surface area (Å²) in [4.78, 5) is 16.1. The van der Waals surface area contributed by atoms with Gasteiger partial charge in [-0.2, -0.15) is 0 Å². The first-order chi connectivity index (χ1) is 9.65. The summed E-state index contributed by atoms with van der Waals surface area (Å²) < 4.78 is 10.3. The lowest BCUT2D eigenvalue weighted by atomic mass is 10.1. The molecule has 0 aliphatic rings. The first-order valence-electron chi connectivity index (χ1n) is 6.77. The van der Waals surface area contributed by atoms with Gasteiger partial charge in [-0.3, -0.25) is 4.98 Å². The molecule has 0 bridgehead atoms. The van der Waals surface area contributed by atoms with Gasteiger partial charge in [0.05, 0.1) is 19.3 Å². The molecule has 0 spiro atoms. The van der Waals surface area contributed by atoms with Crippen molar-refractivity contribution in [2.45, 2.75) is 27.7 Å². The Morgan fingerprint density at radius 3 is 2.55 bits per heavy atom. The van der Waals surface area contributed by atoms with Crippen LogP contribution in [0.25, 0.3) is 10.9 Å². The van der Waals surface area contributed by atoms with E-state index in [9.17, 15) is 4.79 Å². The van der Waals surface area contributed by atoms with E-state index in [0.29, 0.717) is 17.9 Å². The summed E-state index contributed by atoms with van der Waals surface area (Å²) in [6.07, 6.45) is 1.77. The molecule has 0 aliphatic heterocycles. The molecule has 0 fully saturated rings. The molecular formula is C16H21NO3. The Bertz CT molecular complexity index is 594. The lowest BCUT2D eigenvalue weighted by molar-refractivity contribution is 0.0526. The Labute approximate surface area is 119 Å². The third kappa shape index (κ3) is 3.47. The quantitative estimate of drug-likeness (QED) is 0.800. The lowest BCUT2D eigenvalue weighted by Gasteiger charge is -2.08. The summed E-state index contributed by atoms with van der Waals surface area (Å²) in [5, 5.41) is 0.873. The van der Waals surface area contributed by atoms with E-state index in [0.717, 1.165) is 16.5 Å². The van der Waals surface area contributed by atoms with Crippen molar-refractivity contribution in [1.29, 1.82) is 0 Å². The Morgan fingerprint density at radius 2 is 1.95 bits per heavy atom. The fourth-order valence-electron chi connectivity index (χ4n) is 1.81. The van der Waals surface area contributed by atoms with Gasteiger partial charge in [-0.05, 0) is 37.6 Å². The minimum Gasteiger partial charge on any atom is -0.494 e. The van der Waals surface area contributed by atoms with Crippen LogP contribution in [-0.4, -0.2) is 24.7 Å². The number of benzene rings is 1. The maximum absolute atomic E-state index is 11.7. The molecule has 4 heteroatoms. The maximum atomic E-state index is 11.7. The molecule has 4 nitrogen and oxygen atoms in total. The summed E-state index contributed by atoms with van der Waals surface area (Å²) in [5.74, 6) is 0.231. The molecule has 0 saturated carbocycles. The molecule has 0 aliphatic carbocycles. The number of nitrogens with zero attached hydrogens (tertiary/aromatic N) is 1. The molecule has 1 heterocycles. The molecule has 0 atom stereocenters. The van der Waals surface area contributed by atoms with Gasteiger partial charge in [0.1, 0.15) is 11.3 Å². The van der Waals surface area contributed by atoms with E-state index in [4.69, 9.17) is 9.47 Å². The molecule has 2 rings (SSSR count). The highest BCUT2D eigenvalue weighted by Gasteiger charge is 2.12. The summed E-state index contributed by atoms with van der Waals surface area (Å²) in [6, 6.07) is 5.39. The highest BCUT2D eigenvalue weighted by molar-refractivity contribution is 5.97. The summed E-state index contributed by atoms with van der Waals surface area (Å²) in [5.41, 5.74) is 2.26. The minimum absolute atomic E-state index is 0.348. The van der Waals surface area contributed by atoms with E-state index < -0.39 is 0 Å². The van der Waals surface area contributed by atoms with Crippen LogP contribution in [0.15, 0.2) is 24.4 Å². The van der Waals surface area contributed by atoms with Crippen LogP contribution >= 0.6 is 0 Å². The normalized spacial score (nSPS) is 9.65. The predicted octanol–water partition coefficient (Wildman–Crippen LogP) is 3.75. The van der Waals surface area contributed by atoms with Crippen LogP contribution in [0.2, 0.25) is 0 Å². The topological polar surface area (TPSA) is 48.4 Å². The average molecular weight is 275 g/mol. The lowest BCUT2D eigenvalue weighted by Crippen LogP contribution is -2.05. The molecule has 1 aromatic carbocycles. The van der Waals surface area contributed by atoms with Crippen LogP contribution in [0, 0.1) is 6.92 Å². The van der Waals surface area contributed by atoms with Gasteiger partial charge in [0.25, 0.3) is 0 Å². The van der Waals surface area contributed by atoms with E-state index in [1.807, 2.05) is 26.8 Å². The first kappa shape index (κ1) is 16.0. The van der Waals surface area contributed by atoms with Gasteiger partial charge in [0.2, 0.25) is 0 Å². The average Bonchev–Trinajstić information content (AvgIpc) is 2.48. The predicted molar refractivity (Wildman–Crippen MR) is 80.3 cm³/mol. The number of carbonyl (C=O) groups is 1. The molecule has 20 heavy (non-hydrogen) atoms. The number of carbonyl (C=O) groups excluding carboxylic acids is 1. The minimum atomic E-state index is -0.348. The summed E-state index contributed by atoms with van der Waals surface area (Å²) in [7, 11) is 1.56. The van der Waals surface area contributed by atoms with Crippen molar-refractivity contribution in [3.63, 3.8) is 0 Å². The van der Waals surface area contributed by atoms with Crippen LogP contribution in [0.4, 0.5) is 0 Å². The van der Waals surface area contributed by atoms with E-state index in [-0.39, 0.29) is 5.97 Å². The molecule has 108 valence electrons. The van der Waals surface area contributed by atoms with E-state index >= 15 is 0 Å². The standard InChI is InChI=1S/C14H15NO3.C2H6/c1-4-18-14(16)11-6-10-5-9(2)8-15-13(10)12(7-11)17-3;1-2/h5-8H,4H2,1-3H3;1-2H3. The van der Waals surface area contributed by atoms with E-state index in [1.54, 1.807) is 32.4 Å². The van der Waals surface area contributed by atoms with Crippen LogP contribution < -0.4 is 4.74 Å². The molecule has 0 N–H and O–H groups in total. The maximum Gasteiger partial charge on any atom is 0.338 e. The molecule has 2 aromatic rings. The molecule has 0 amide bonds. The van der Waals surface area contributed by atoms with Gasteiger partial charge in [0, 0.05) is 11.6 Å². The van der Waals surface area contributed by atoms with Crippen LogP contribution in [0.5, 0.6) is 5.75 Å². The van der Waals surface area contributed by atoms with Gasteiger partial charge in [-0.15, -0.1) is 0 Å². The second-order valence-corrected chi connectivity index (χ2v) is 3.98. The van der Waals surface area contributed by atoms with Gasteiger partial charge in [-0.25, -0.2) is 4.79 Å². The van der Waals surface area contributed by atoms with Crippen molar-refractivity contribution in [1.82, 2.24) is 4.98 Å². The summed E-state index contributed by atoms with van der Waals surface area (Å²) >= 11 is 0. The number of aromatic nitrogens is 1. The second-order valence-electron chi connectivity index (χ2n) is 3.98. The zero-order valence-electron chi connectivity index (χ0n) is 12.7. The number of fused-ring (bicyclic) bond motifs is 1. The zero-order chi connectivity index (χ0) is 15.1. The van der Waals surface area contributed by atoms with Crippen molar-refractivity contribution >= 4 is 16.9 Å². The Balaban J connectivity index is 0.000000956. The third-order valence-electron chi connectivity index (χ3n) is 2.62. The second kappa shape index (κ2) is 7.48. The molecule has 0 saturated heterocycles. The molecule has 0 unspecified atom stereocenters. The van der Waals surface area contributed by atoms with Crippen molar-refractivity contribution in [2.75, 3.05) is 13.7 Å². The van der Waals surface area contributed by atoms with Gasteiger partial charge in [-0.1, -0.05) is 13.8 Å². The number of methoxy groups -OCH3 is 1. The van der Waals surface area contributed by atoms with E-state index in [2.05, 4.69) is 4.98 Å². The van der Waals surface area contributed by atoms with Gasteiger partial charge >= 0.3 is 5.97 Å². The van der Waals surface area contributed by atoms with Crippen molar-refractivity contribution in [3.05, 3.63) is 35.5 Å². The SMILES string of the molecule is CC.CCOC(=O)c1cc(OC)c2ncc(C)cc2c1. The van der Waals surface area contributed by atoms with E-state index in [1.165, 1.54) is 0 Å². The van der Waals surface area contributed by atoms with Crippen LogP contribution in [0.1, 0.15) is 36.7 Å². The van der Waals surface area contributed by atoms with Gasteiger partial charge in [0.15, 0.2) is 0 Å². The third-order valence-corrected chi connectivity index (χ3v) is 2.62. The highest BCUT2D eigenvalue weighted by Crippen LogP contribution is 2.26. The number of hydrogen-bond acceptors (Lipinski definition) is 4. The Hall–Kier alpha value is -2.10. The Kier molecular flexibility index (Phi) is 5.97. The smallest absolute Gasteiger partial charge is 0.338 e. The van der Waals surface area contributed by atoms with Crippen LogP contribution in [0.3, 0.4) is 0 Å². The fraction of sp³-hybridized carbons (Fsp3) is 0.375.